The van der Waals surface area contributed by atoms with Gasteiger partial charge in [0.05, 0.1) is 11.0 Å². The number of carbonyl (C=O) groups excluding carboxylic acids is 1. The topological polar surface area (TPSA) is 105 Å². The summed E-state index contributed by atoms with van der Waals surface area (Å²) in [6, 6.07) is 9.01. The first-order valence-corrected chi connectivity index (χ1v) is 11.2. The van der Waals surface area contributed by atoms with Gasteiger partial charge < -0.3 is 9.32 Å². The normalized spacial score (nSPS) is 11.9. The lowest BCUT2D eigenvalue weighted by Crippen LogP contribution is -2.26. The van der Waals surface area contributed by atoms with Crippen LogP contribution >= 0.6 is 15.9 Å². The Morgan fingerprint density at radius 1 is 1.30 bits per heavy atom. The molecule has 0 spiro atoms. The average molecular weight is 493 g/mol. The Bertz CT molecular complexity index is 1200. The second kappa shape index (κ2) is 8.99. The van der Waals surface area contributed by atoms with Gasteiger partial charge in [-0.1, -0.05) is 12.1 Å². The van der Waals surface area contributed by atoms with Gasteiger partial charge in [0.1, 0.15) is 17.2 Å². The first-order valence-electron chi connectivity index (χ1n) is 8.97. The highest BCUT2D eigenvalue weighted by Gasteiger charge is 2.15. The quantitative estimate of drug-likeness (QED) is 0.491. The summed E-state index contributed by atoms with van der Waals surface area (Å²) in [5.41, 5.74) is 2.42. The van der Waals surface area contributed by atoms with Crippen LogP contribution in [0.3, 0.4) is 0 Å². The molecule has 30 heavy (non-hydrogen) atoms. The number of furan rings is 1. The first kappa shape index (κ1) is 22.0. The van der Waals surface area contributed by atoms with E-state index in [9.17, 15) is 13.2 Å². The highest BCUT2D eigenvalue weighted by Crippen LogP contribution is 2.31. The number of para-hydroxylation sites is 1. The highest BCUT2D eigenvalue weighted by molar-refractivity contribution is 9.10. The minimum atomic E-state index is -3.62. The number of hydrogen-bond acceptors (Lipinski definition) is 5. The van der Waals surface area contributed by atoms with Gasteiger partial charge in [0.2, 0.25) is 5.91 Å². The fourth-order valence-electron chi connectivity index (χ4n) is 2.75. The number of nitrogens with zero attached hydrogens (tertiary/aromatic N) is 2. The molecule has 0 unspecified atom stereocenters. The number of aromatic nitrogens is 1. The SMILES string of the molecule is CNS(=O)(=O)Nc1ccc(/C=C/C(=O)N(C)Cc2oc3c(Br)cccc3c2C)cn1. The van der Waals surface area contributed by atoms with Crippen molar-refractivity contribution in [3.8, 4) is 0 Å². The van der Waals surface area contributed by atoms with Crippen LogP contribution in [0.25, 0.3) is 17.0 Å². The maximum absolute atomic E-state index is 12.5. The van der Waals surface area contributed by atoms with E-state index in [4.69, 9.17) is 4.42 Å². The Hall–Kier alpha value is -2.69. The van der Waals surface area contributed by atoms with Gasteiger partial charge in [0.25, 0.3) is 10.2 Å². The highest BCUT2D eigenvalue weighted by atomic mass is 79.9. The third kappa shape index (κ3) is 5.07. The Balaban J connectivity index is 1.66. The van der Waals surface area contributed by atoms with Crippen LogP contribution < -0.4 is 9.44 Å². The molecular formula is C20H21BrN4O4S. The molecule has 0 saturated carbocycles. The van der Waals surface area contributed by atoms with E-state index in [1.54, 1.807) is 24.1 Å². The number of aryl methyl sites for hydroxylation is 1. The summed E-state index contributed by atoms with van der Waals surface area (Å²) >= 11 is 3.48. The number of amides is 1. The number of nitrogens with one attached hydrogen (secondary N) is 2. The number of halogens is 1. The third-order valence-corrected chi connectivity index (χ3v) is 6.12. The molecule has 2 N–H and O–H groups in total. The van der Waals surface area contributed by atoms with Crippen molar-refractivity contribution >= 4 is 54.9 Å². The van der Waals surface area contributed by atoms with Crippen LogP contribution in [0.5, 0.6) is 0 Å². The van der Waals surface area contributed by atoms with Crippen molar-refractivity contribution in [1.29, 1.82) is 0 Å². The van der Waals surface area contributed by atoms with E-state index in [1.807, 2.05) is 25.1 Å². The first-order chi connectivity index (χ1) is 14.2. The predicted octanol–water partition coefficient (Wildman–Crippen LogP) is 3.45. The van der Waals surface area contributed by atoms with Crippen LogP contribution in [-0.2, 0) is 21.5 Å². The molecule has 0 aliphatic carbocycles. The summed E-state index contributed by atoms with van der Waals surface area (Å²) in [5.74, 6) is 0.703. The summed E-state index contributed by atoms with van der Waals surface area (Å²) in [4.78, 5) is 18.0. The van der Waals surface area contributed by atoms with E-state index >= 15 is 0 Å². The Morgan fingerprint density at radius 3 is 2.70 bits per heavy atom. The lowest BCUT2D eigenvalue weighted by Gasteiger charge is -2.13. The zero-order valence-electron chi connectivity index (χ0n) is 16.6. The largest absolute Gasteiger partial charge is 0.458 e. The number of carbonyl (C=O) groups is 1. The molecular weight excluding hydrogens is 472 g/mol. The smallest absolute Gasteiger partial charge is 0.300 e. The summed E-state index contributed by atoms with van der Waals surface area (Å²) in [5, 5.41) is 1.01. The molecule has 0 bridgehead atoms. The van der Waals surface area contributed by atoms with Crippen molar-refractivity contribution in [2.75, 3.05) is 18.8 Å². The van der Waals surface area contributed by atoms with Crippen molar-refractivity contribution in [2.45, 2.75) is 13.5 Å². The summed E-state index contributed by atoms with van der Waals surface area (Å²) in [6.07, 6.45) is 4.52. The van der Waals surface area contributed by atoms with Gasteiger partial charge in [-0.3, -0.25) is 9.52 Å². The van der Waals surface area contributed by atoms with Crippen LogP contribution in [0.1, 0.15) is 16.9 Å². The van der Waals surface area contributed by atoms with E-state index < -0.39 is 10.2 Å². The van der Waals surface area contributed by atoms with E-state index in [0.29, 0.717) is 12.1 Å². The molecule has 0 atom stereocenters. The number of anilines is 1. The Labute approximate surface area is 183 Å². The van der Waals surface area contributed by atoms with E-state index in [1.165, 1.54) is 25.4 Å². The molecule has 3 aromatic rings. The average Bonchev–Trinajstić information content (AvgIpc) is 3.04. The fraction of sp³-hybridized carbons (Fsp3) is 0.200. The van der Waals surface area contributed by atoms with Crippen molar-refractivity contribution in [3.63, 3.8) is 0 Å². The minimum absolute atomic E-state index is 0.177. The monoisotopic (exact) mass is 492 g/mol. The second-order valence-electron chi connectivity index (χ2n) is 6.58. The number of benzene rings is 1. The molecule has 1 amide bonds. The van der Waals surface area contributed by atoms with Gasteiger partial charge in [-0.2, -0.15) is 8.42 Å². The van der Waals surface area contributed by atoms with Gasteiger partial charge in [-0.25, -0.2) is 9.71 Å². The predicted molar refractivity (Wildman–Crippen MR) is 120 cm³/mol. The lowest BCUT2D eigenvalue weighted by atomic mass is 10.1. The molecule has 8 nitrogen and oxygen atoms in total. The van der Waals surface area contributed by atoms with Crippen LogP contribution in [0, 0.1) is 6.92 Å². The van der Waals surface area contributed by atoms with Crippen molar-refractivity contribution in [3.05, 3.63) is 64.0 Å². The molecule has 1 aromatic carbocycles. The van der Waals surface area contributed by atoms with Crippen LogP contribution in [0.15, 0.2) is 51.5 Å². The summed E-state index contributed by atoms with van der Waals surface area (Å²) < 4.78 is 34.1. The zero-order valence-corrected chi connectivity index (χ0v) is 19.0. The van der Waals surface area contributed by atoms with Gasteiger partial charge in [-0.15, -0.1) is 0 Å². The molecule has 158 valence electrons. The molecule has 0 saturated heterocycles. The van der Waals surface area contributed by atoms with E-state index in [2.05, 4.69) is 30.4 Å². The molecule has 10 heteroatoms. The van der Waals surface area contributed by atoms with Gasteiger partial charge in [0, 0.05) is 37.3 Å². The van der Waals surface area contributed by atoms with Gasteiger partial charge in [-0.05, 0) is 52.7 Å². The fourth-order valence-corrected chi connectivity index (χ4v) is 3.69. The number of likely N-dealkylation sites (N-methyl/N-ethyl adjacent to an activating group) is 1. The molecule has 2 aromatic heterocycles. The number of hydrogen-bond donors (Lipinski definition) is 2. The zero-order chi connectivity index (χ0) is 21.9. The third-order valence-electron chi connectivity index (χ3n) is 4.48. The standard InChI is InChI=1S/C20H21BrN4O4S/c1-13-15-5-4-6-16(21)20(15)29-17(13)12-25(3)19(26)10-8-14-7-9-18(23-11-14)24-30(27,28)22-2/h4-11,22H,12H2,1-3H3,(H,23,24)/b10-8+. The van der Waals surface area contributed by atoms with Crippen LogP contribution in [0.2, 0.25) is 0 Å². The van der Waals surface area contributed by atoms with Crippen molar-refractivity contribution in [1.82, 2.24) is 14.6 Å². The Kier molecular flexibility index (Phi) is 6.59. The molecule has 0 aliphatic rings. The van der Waals surface area contributed by atoms with Crippen LogP contribution in [-0.4, -0.2) is 38.3 Å². The summed E-state index contributed by atoms with van der Waals surface area (Å²) in [6.45, 7) is 2.30. The summed E-state index contributed by atoms with van der Waals surface area (Å²) in [7, 11) is -0.626. The maximum atomic E-state index is 12.5. The van der Waals surface area contributed by atoms with Crippen LogP contribution in [0.4, 0.5) is 5.82 Å². The minimum Gasteiger partial charge on any atom is -0.458 e. The Morgan fingerprint density at radius 2 is 2.07 bits per heavy atom. The van der Waals surface area contributed by atoms with Crippen molar-refractivity contribution in [2.24, 2.45) is 0 Å². The molecule has 0 radical (unpaired) electrons. The molecule has 0 fully saturated rings. The molecule has 0 aliphatic heterocycles. The van der Waals surface area contributed by atoms with E-state index in [0.717, 1.165) is 26.8 Å². The molecule has 3 rings (SSSR count). The van der Waals surface area contributed by atoms with Gasteiger partial charge >= 0.3 is 0 Å². The number of fused-ring (bicyclic) bond motifs is 1. The number of rotatable bonds is 7. The number of pyridine rings is 1. The molecule has 2 heterocycles. The van der Waals surface area contributed by atoms with Gasteiger partial charge in [0.15, 0.2) is 0 Å². The maximum Gasteiger partial charge on any atom is 0.300 e. The second-order valence-corrected chi connectivity index (χ2v) is 9.05. The van der Waals surface area contributed by atoms with E-state index in [-0.39, 0.29) is 11.7 Å². The van der Waals surface area contributed by atoms with Crippen molar-refractivity contribution < 1.29 is 17.6 Å². The lowest BCUT2D eigenvalue weighted by molar-refractivity contribution is -0.125.